The number of rotatable bonds is 2. The Labute approximate surface area is 158 Å². The Morgan fingerprint density at radius 2 is 1.88 bits per heavy atom. The van der Waals surface area contributed by atoms with E-state index in [1.165, 1.54) is 23.1 Å². The lowest BCUT2D eigenvalue weighted by Crippen LogP contribution is -2.37. The Kier molecular flexibility index (Phi) is 4.21. The topological polar surface area (TPSA) is 46.6 Å². The van der Waals surface area contributed by atoms with Crippen molar-refractivity contribution in [2.75, 3.05) is 11.5 Å². The molecule has 2 aromatic carbocycles. The fourth-order valence-corrected chi connectivity index (χ4v) is 3.86. The van der Waals surface area contributed by atoms with Gasteiger partial charge in [0.25, 0.3) is 0 Å². The molecular formula is C19H12Cl2FNO3. The van der Waals surface area contributed by atoms with E-state index in [4.69, 9.17) is 27.9 Å². The minimum atomic E-state index is -0.552. The van der Waals surface area contributed by atoms with Gasteiger partial charge in [0.05, 0.1) is 27.0 Å². The van der Waals surface area contributed by atoms with Crippen LogP contribution in [0.25, 0.3) is 0 Å². The van der Waals surface area contributed by atoms with Gasteiger partial charge in [0.1, 0.15) is 12.4 Å². The highest BCUT2D eigenvalue weighted by molar-refractivity contribution is 6.42. The second-order valence-electron chi connectivity index (χ2n) is 6.05. The SMILES string of the molecule is O=C1OCC2=C1C(c1cccc(Cl)c1Cl)CC(=O)N2c1cccc(F)c1. The Hall–Kier alpha value is -2.37. The molecule has 1 atom stereocenters. The monoisotopic (exact) mass is 391 g/mol. The van der Waals surface area contributed by atoms with E-state index in [9.17, 15) is 14.0 Å². The molecule has 0 aliphatic carbocycles. The van der Waals surface area contributed by atoms with Gasteiger partial charge in [-0.05, 0) is 29.8 Å². The third-order valence-electron chi connectivity index (χ3n) is 4.54. The summed E-state index contributed by atoms with van der Waals surface area (Å²) in [5, 5.41) is 0.649. The molecule has 2 aromatic rings. The van der Waals surface area contributed by atoms with Crippen LogP contribution in [0.4, 0.5) is 10.1 Å². The van der Waals surface area contributed by atoms with Crippen LogP contribution >= 0.6 is 23.2 Å². The van der Waals surface area contributed by atoms with Gasteiger partial charge in [0.15, 0.2) is 0 Å². The van der Waals surface area contributed by atoms with E-state index in [-0.39, 0.29) is 18.9 Å². The minimum absolute atomic E-state index is 0.00447. The van der Waals surface area contributed by atoms with Crippen molar-refractivity contribution in [2.24, 2.45) is 0 Å². The van der Waals surface area contributed by atoms with E-state index < -0.39 is 17.7 Å². The van der Waals surface area contributed by atoms with Crippen molar-refractivity contribution in [3.63, 3.8) is 0 Å². The Bertz CT molecular complexity index is 973. The van der Waals surface area contributed by atoms with Crippen molar-refractivity contribution in [3.05, 3.63) is 75.2 Å². The summed E-state index contributed by atoms with van der Waals surface area (Å²) in [6.45, 7) is -0.0505. The largest absolute Gasteiger partial charge is 0.456 e. The number of amides is 1. The lowest BCUT2D eigenvalue weighted by molar-refractivity contribution is -0.136. The van der Waals surface area contributed by atoms with Gasteiger partial charge >= 0.3 is 5.97 Å². The molecule has 26 heavy (non-hydrogen) atoms. The number of hydrogen-bond acceptors (Lipinski definition) is 3. The third-order valence-corrected chi connectivity index (χ3v) is 5.37. The Morgan fingerprint density at radius 1 is 1.12 bits per heavy atom. The summed E-state index contributed by atoms with van der Waals surface area (Å²) < 4.78 is 18.8. The minimum Gasteiger partial charge on any atom is -0.456 e. The van der Waals surface area contributed by atoms with Gasteiger partial charge in [0, 0.05) is 12.3 Å². The molecule has 0 radical (unpaired) electrons. The maximum Gasteiger partial charge on any atom is 0.336 e. The number of nitrogens with zero attached hydrogens (tertiary/aromatic N) is 1. The second kappa shape index (κ2) is 6.41. The number of cyclic esters (lactones) is 1. The summed E-state index contributed by atoms with van der Waals surface area (Å²) in [7, 11) is 0. The molecule has 0 fully saturated rings. The van der Waals surface area contributed by atoms with Crippen LogP contribution in [0.15, 0.2) is 53.7 Å². The number of esters is 1. The summed E-state index contributed by atoms with van der Waals surface area (Å²) in [6.07, 6.45) is 0.00447. The number of ether oxygens (including phenoxy) is 1. The molecule has 4 rings (SSSR count). The maximum absolute atomic E-state index is 13.6. The fourth-order valence-electron chi connectivity index (χ4n) is 3.42. The van der Waals surface area contributed by atoms with Crippen LogP contribution in [0.3, 0.4) is 0 Å². The smallest absolute Gasteiger partial charge is 0.336 e. The highest BCUT2D eigenvalue weighted by atomic mass is 35.5. The lowest BCUT2D eigenvalue weighted by Gasteiger charge is -2.32. The first kappa shape index (κ1) is 17.1. The van der Waals surface area contributed by atoms with E-state index in [1.54, 1.807) is 24.3 Å². The average molecular weight is 392 g/mol. The zero-order valence-corrected chi connectivity index (χ0v) is 14.9. The molecule has 7 heteroatoms. The summed E-state index contributed by atoms with van der Waals surface area (Å²) >= 11 is 12.4. The van der Waals surface area contributed by atoms with Gasteiger partial charge in [-0.3, -0.25) is 9.69 Å². The number of carbonyl (C=O) groups excluding carboxylic acids is 2. The Morgan fingerprint density at radius 3 is 2.65 bits per heavy atom. The second-order valence-corrected chi connectivity index (χ2v) is 6.83. The van der Waals surface area contributed by atoms with E-state index >= 15 is 0 Å². The molecule has 1 amide bonds. The van der Waals surface area contributed by atoms with Crippen LogP contribution in [-0.4, -0.2) is 18.5 Å². The van der Waals surface area contributed by atoms with Gasteiger partial charge in [0.2, 0.25) is 5.91 Å². The first-order valence-electron chi connectivity index (χ1n) is 7.90. The predicted octanol–water partition coefficient (Wildman–Crippen LogP) is 4.46. The first-order chi connectivity index (χ1) is 12.5. The Balaban J connectivity index is 1.87. The van der Waals surface area contributed by atoms with E-state index in [0.29, 0.717) is 32.6 Å². The van der Waals surface area contributed by atoms with Crippen molar-refractivity contribution in [3.8, 4) is 0 Å². The molecule has 0 N–H and O–H groups in total. The standard InChI is InChI=1S/C19H12Cl2FNO3/c20-14-6-2-5-12(18(14)21)13-8-16(24)23(11-4-1-3-10(22)7-11)15-9-26-19(25)17(13)15/h1-7,13H,8-9H2. The summed E-state index contributed by atoms with van der Waals surface area (Å²) in [5.41, 5.74) is 1.73. The molecule has 1 unspecified atom stereocenters. The molecule has 2 aliphatic heterocycles. The fraction of sp³-hybridized carbons (Fsp3) is 0.158. The summed E-state index contributed by atoms with van der Waals surface area (Å²) in [4.78, 5) is 26.6. The van der Waals surface area contributed by atoms with Crippen LogP contribution in [0.1, 0.15) is 17.9 Å². The number of halogens is 3. The molecule has 0 aromatic heterocycles. The van der Waals surface area contributed by atoms with Crippen molar-refractivity contribution in [2.45, 2.75) is 12.3 Å². The van der Waals surface area contributed by atoms with Crippen molar-refractivity contribution < 1.29 is 18.7 Å². The van der Waals surface area contributed by atoms with Crippen LogP contribution in [0.2, 0.25) is 10.0 Å². The lowest BCUT2D eigenvalue weighted by atomic mass is 9.84. The van der Waals surface area contributed by atoms with Crippen LogP contribution in [-0.2, 0) is 14.3 Å². The predicted molar refractivity (Wildman–Crippen MR) is 95.7 cm³/mol. The number of benzene rings is 2. The van der Waals surface area contributed by atoms with Crippen molar-refractivity contribution >= 4 is 40.8 Å². The normalized spacial score (nSPS) is 19.7. The van der Waals surface area contributed by atoms with Gasteiger partial charge in [-0.2, -0.15) is 0 Å². The van der Waals surface area contributed by atoms with Crippen LogP contribution < -0.4 is 4.90 Å². The van der Waals surface area contributed by atoms with Gasteiger partial charge in [-0.15, -0.1) is 0 Å². The highest BCUT2D eigenvalue weighted by Gasteiger charge is 2.43. The number of hydrogen-bond donors (Lipinski definition) is 0. The summed E-state index contributed by atoms with van der Waals surface area (Å²) in [6, 6.07) is 10.7. The zero-order chi connectivity index (χ0) is 18.4. The summed E-state index contributed by atoms with van der Waals surface area (Å²) in [5.74, 6) is -1.80. The molecule has 132 valence electrons. The maximum atomic E-state index is 13.6. The number of carbonyl (C=O) groups is 2. The third kappa shape index (κ3) is 2.68. The van der Waals surface area contributed by atoms with Gasteiger partial charge < -0.3 is 4.74 Å². The van der Waals surface area contributed by atoms with Gasteiger partial charge in [-0.1, -0.05) is 41.4 Å². The zero-order valence-electron chi connectivity index (χ0n) is 13.3. The van der Waals surface area contributed by atoms with E-state index in [0.717, 1.165) is 0 Å². The van der Waals surface area contributed by atoms with Crippen molar-refractivity contribution in [1.29, 1.82) is 0 Å². The molecular weight excluding hydrogens is 380 g/mol. The quantitative estimate of drug-likeness (QED) is 0.709. The number of anilines is 1. The van der Waals surface area contributed by atoms with Crippen LogP contribution in [0, 0.1) is 5.82 Å². The average Bonchev–Trinajstić information content (AvgIpc) is 2.98. The molecule has 2 aliphatic rings. The van der Waals surface area contributed by atoms with Crippen molar-refractivity contribution in [1.82, 2.24) is 0 Å². The van der Waals surface area contributed by atoms with E-state index in [2.05, 4.69) is 0 Å². The molecule has 0 saturated heterocycles. The molecule has 0 bridgehead atoms. The van der Waals surface area contributed by atoms with Gasteiger partial charge in [-0.25, -0.2) is 9.18 Å². The van der Waals surface area contributed by atoms with Crippen LogP contribution in [0.5, 0.6) is 0 Å². The first-order valence-corrected chi connectivity index (χ1v) is 8.65. The molecule has 0 spiro atoms. The molecule has 2 heterocycles. The molecule has 4 nitrogen and oxygen atoms in total. The van der Waals surface area contributed by atoms with E-state index in [1.807, 2.05) is 0 Å². The highest BCUT2D eigenvalue weighted by Crippen LogP contribution is 2.44. The molecule has 0 saturated carbocycles.